The van der Waals surface area contributed by atoms with Crippen molar-refractivity contribution < 1.29 is 9.67 Å². The Hall–Kier alpha value is -1.15. The van der Waals surface area contributed by atoms with Crippen LogP contribution in [0.5, 0.6) is 0 Å². The fourth-order valence-electron chi connectivity index (χ4n) is 1.85. The summed E-state index contributed by atoms with van der Waals surface area (Å²) in [5.74, 6) is 0. The van der Waals surface area contributed by atoms with Gasteiger partial charge in [0, 0.05) is 12.1 Å². The highest BCUT2D eigenvalue weighted by atomic mass is 16.3. The molecular weight excluding hydrogens is 162 g/mol. The van der Waals surface area contributed by atoms with Gasteiger partial charge in [0.2, 0.25) is 5.69 Å². The minimum atomic E-state index is -0.740. The van der Waals surface area contributed by atoms with E-state index in [-0.39, 0.29) is 0 Å². The molecule has 0 bridgehead atoms. The summed E-state index contributed by atoms with van der Waals surface area (Å²) in [7, 11) is 1.96. The summed E-state index contributed by atoms with van der Waals surface area (Å²) in [6.45, 7) is 0. The average Bonchev–Trinajstić information content (AvgIpc) is 2.54. The summed E-state index contributed by atoms with van der Waals surface area (Å²) in [5, 5.41) is 10.2. The van der Waals surface area contributed by atoms with E-state index >= 15 is 0 Å². The quantitative estimate of drug-likeness (QED) is 0.502. The third-order valence-corrected chi connectivity index (χ3v) is 2.58. The molecule has 1 aliphatic carbocycles. The molecule has 1 N–H and O–H groups in total. The van der Waals surface area contributed by atoms with E-state index in [9.17, 15) is 5.11 Å². The highest BCUT2D eigenvalue weighted by molar-refractivity contribution is 5.19. The lowest BCUT2D eigenvalue weighted by Gasteiger charge is -2.16. The number of nitrogens with zero attached hydrogens (tertiary/aromatic N) is 1. The van der Waals surface area contributed by atoms with Gasteiger partial charge < -0.3 is 5.11 Å². The van der Waals surface area contributed by atoms with Crippen molar-refractivity contribution in [2.75, 3.05) is 0 Å². The first-order valence-corrected chi connectivity index (χ1v) is 4.58. The molecule has 2 heteroatoms. The van der Waals surface area contributed by atoms with E-state index in [2.05, 4.69) is 0 Å². The second-order valence-electron chi connectivity index (χ2n) is 3.56. The SMILES string of the molecule is C[n+]1ccccc1C1(O)C=CCC1. The zero-order valence-electron chi connectivity index (χ0n) is 7.77. The molecular formula is C11H14NO+. The summed E-state index contributed by atoms with van der Waals surface area (Å²) in [6.07, 6.45) is 7.64. The van der Waals surface area contributed by atoms with Gasteiger partial charge in [0.25, 0.3) is 0 Å². The summed E-state index contributed by atoms with van der Waals surface area (Å²) in [5.41, 5.74) is 0.222. The first-order chi connectivity index (χ1) is 6.22. The number of pyridine rings is 1. The number of aryl methyl sites for hydroxylation is 1. The van der Waals surface area contributed by atoms with Gasteiger partial charge in [-0.2, -0.15) is 0 Å². The molecule has 2 nitrogen and oxygen atoms in total. The van der Waals surface area contributed by atoms with Crippen LogP contribution in [0.3, 0.4) is 0 Å². The number of hydrogen-bond acceptors (Lipinski definition) is 1. The maximum absolute atomic E-state index is 10.2. The topological polar surface area (TPSA) is 24.1 Å². The smallest absolute Gasteiger partial charge is 0.217 e. The number of aliphatic hydroxyl groups is 1. The fraction of sp³-hybridized carbons (Fsp3) is 0.364. The number of rotatable bonds is 1. The van der Waals surface area contributed by atoms with Gasteiger partial charge in [-0.25, -0.2) is 4.57 Å². The van der Waals surface area contributed by atoms with Crippen LogP contribution in [0.15, 0.2) is 36.5 Å². The first-order valence-electron chi connectivity index (χ1n) is 4.58. The van der Waals surface area contributed by atoms with Crippen LogP contribution in [-0.4, -0.2) is 5.11 Å². The van der Waals surface area contributed by atoms with E-state index in [4.69, 9.17) is 0 Å². The lowest BCUT2D eigenvalue weighted by atomic mass is 9.98. The Morgan fingerprint density at radius 1 is 1.46 bits per heavy atom. The van der Waals surface area contributed by atoms with Gasteiger partial charge in [-0.1, -0.05) is 6.08 Å². The normalized spacial score (nSPS) is 26.6. The van der Waals surface area contributed by atoms with Crippen molar-refractivity contribution in [3.8, 4) is 0 Å². The van der Waals surface area contributed by atoms with Gasteiger partial charge in [-0.3, -0.25) is 0 Å². The van der Waals surface area contributed by atoms with E-state index in [0.29, 0.717) is 0 Å². The Bertz CT molecular complexity index is 346. The molecule has 0 radical (unpaired) electrons. The highest BCUT2D eigenvalue weighted by Gasteiger charge is 2.35. The molecule has 0 saturated carbocycles. The standard InChI is InChI=1S/C11H14NO/c1-12-9-5-2-6-10(12)11(13)7-3-4-8-11/h2-3,5-7,9,13H,4,8H2,1H3/q+1. The second-order valence-corrected chi connectivity index (χ2v) is 3.56. The van der Waals surface area contributed by atoms with Gasteiger partial charge in [-0.05, 0) is 25.0 Å². The van der Waals surface area contributed by atoms with Gasteiger partial charge in [0.05, 0.1) is 0 Å². The Labute approximate surface area is 78.1 Å². The Morgan fingerprint density at radius 2 is 2.31 bits per heavy atom. The molecule has 1 aromatic heterocycles. The van der Waals surface area contributed by atoms with E-state index in [0.717, 1.165) is 18.5 Å². The number of aromatic nitrogens is 1. The summed E-state index contributed by atoms with van der Waals surface area (Å²) < 4.78 is 1.97. The lowest BCUT2D eigenvalue weighted by molar-refractivity contribution is -0.685. The minimum Gasteiger partial charge on any atom is -0.375 e. The molecule has 68 valence electrons. The van der Waals surface area contributed by atoms with Crippen LogP contribution in [0.4, 0.5) is 0 Å². The van der Waals surface area contributed by atoms with Crippen molar-refractivity contribution in [1.82, 2.24) is 0 Å². The molecule has 1 aliphatic rings. The molecule has 1 unspecified atom stereocenters. The molecule has 0 amide bonds. The van der Waals surface area contributed by atoms with Crippen molar-refractivity contribution in [2.45, 2.75) is 18.4 Å². The minimum absolute atomic E-state index is 0.740. The zero-order chi connectivity index (χ0) is 9.31. The summed E-state index contributed by atoms with van der Waals surface area (Å²) >= 11 is 0. The Balaban J connectivity index is 2.45. The molecule has 1 aromatic rings. The predicted molar refractivity (Wildman–Crippen MR) is 49.9 cm³/mol. The fourth-order valence-corrected chi connectivity index (χ4v) is 1.85. The van der Waals surface area contributed by atoms with Gasteiger partial charge in [0.15, 0.2) is 11.8 Å². The molecule has 0 aliphatic heterocycles. The molecule has 13 heavy (non-hydrogen) atoms. The van der Waals surface area contributed by atoms with Crippen LogP contribution in [0.2, 0.25) is 0 Å². The highest BCUT2D eigenvalue weighted by Crippen LogP contribution is 2.30. The molecule has 0 fully saturated rings. The van der Waals surface area contributed by atoms with Gasteiger partial charge >= 0.3 is 0 Å². The number of hydrogen-bond donors (Lipinski definition) is 1. The summed E-state index contributed by atoms with van der Waals surface area (Å²) in [4.78, 5) is 0. The maximum Gasteiger partial charge on any atom is 0.217 e. The predicted octanol–water partition coefficient (Wildman–Crippen LogP) is 1.05. The van der Waals surface area contributed by atoms with Crippen molar-refractivity contribution in [1.29, 1.82) is 0 Å². The van der Waals surface area contributed by atoms with Gasteiger partial charge in [0.1, 0.15) is 7.05 Å². The van der Waals surface area contributed by atoms with E-state index < -0.39 is 5.60 Å². The third kappa shape index (κ3) is 1.38. The monoisotopic (exact) mass is 176 g/mol. The molecule has 0 saturated heterocycles. The Morgan fingerprint density at radius 3 is 2.92 bits per heavy atom. The molecule has 1 atom stereocenters. The third-order valence-electron chi connectivity index (χ3n) is 2.58. The van der Waals surface area contributed by atoms with Gasteiger partial charge in [-0.15, -0.1) is 0 Å². The van der Waals surface area contributed by atoms with Crippen molar-refractivity contribution in [3.05, 3.63) is 42.2 Å². The Kier molecular flexibility index (Phi) is 1.93. The largest absolute Gasteiger partial charge is 0.375 e. The zero-order valence-corrected chi connectivity index (χ0v) is 7.77. The second kappa shape index (κ2) is 2.96. The van der Waals surface area contributed by atoms with E-state index in [1.165, 1.54) is 0 Å². The molecule has 2 rings (SSSR count). The maximum atomic E-state index is 10.2. The van der Waals surface area contributed by atoms with Crippen LogP contribution in [0.25, 0.3) is 0 Å². The molecule has 0 spiro atoms. The van der Waals surface area contributed by atoms with E-state index in [1.54, 1.807) is 0 Å². The van der Waals surface area contributed by atoms with Crippen LogP contribution < -0.4 is 4.57 Å². The van der Waals surface area contributed by atoms with Crippen LogP contribution in [-0.2, 0) is 12.6 Å². The van der Waals surface area contributed by atoms with Crippen LogP contribution in [0, 0.1) is 0 Å². The van der Waals surface area contributed by atoms with Crippen molar-refractivity contribution >= 4 is 0 Å². The number of allylic oxidation sites excluding steroid dienone is 1. The van der Waals surface area contributed by atoms with Crippen LogP contribution in [0.1, 0.15) is 18.5 Å². The van der Waals surface area contributed by atoms with E-state index in [1.807, 2.05) is 48.2 Å². The lowest BCUT2D eigenvalue weighted by Crippen LogP contribution is -2.41. The molecule has 0 aromatic carbocycles. The van der Waals surface area contributed by atoms with Crippen molar-refractivity contribution in [2.24, 2.45) is 7.05 Å². The molecule has 1 heterocycles. The van der Waals surface area contributed by atoms with Crippen LogP contribution >= 0.6 is 0 Å². The first kappa shape index (κ1) is 8.45. The summed E-state index contributed by atoms with van der Waals surface area (Å²) in [6, 6.07) is 5.89. The van der Waals surface area contributed by atoms with Crippen molar-refractivity contribution in [3.63, 3.8) is 0 Å². The average molecular weight is 176 g/mol.